The molecule has 6 nitrogen and oxygen atoms in total. The smallest absolute Gasteiger partial charge is 0.335 e. The first-order valence-corrected chi connectivity index (χ1v) is 6.07. The van der Waals surface area contributed by atoms with Crippen molar-refractivity contribution in [2.45, 2.75) is 6.42 Å². The molecule has 0 aromatic carbocycles. The second-order valence-corrected chi connectivity index (χ2v) is 3.62. The van der Waals surface area contributed by atoms with E-state index in [0.717, 1.165) is 6.08 Å². The zero-order valence-electron chi connectivity index (χ0n) is 11.7. The molecule has 0 atom stereocenters. The van der Waals surface area contributed by atoms with Crippen molar-refractivity contribution in [1.29, 1.82) is 0 Å². The average Bonchev–Trinajstić information content (AvgIpc) is 2.47. The van der Waals surface area contributed by atoms with Gasteiger partial charge in [-0.1, -0.05) is 38.0 Å². The van der Waals surface area contributed by atoms with Gasteiger partial charge in [-0.2, -0.15) is 0 Å². The molecule has 0 amide bonds. The van der Waals surface area contributed by atoms with E-state index in [4.69, 9.17) is 14.2 Å². The third-order valence-corrected chi connectivity index (χ3v) is 1.93. The van der Waals surface area contributed by atoms with Gasteiger partial charge >= 0.3 is 17.9 Å². The molecule has 6 heteroatoms. The van der Waals surface area contributed by atoms with E-state index in [1.807, 2.05) is 0 Å². The topological polar surface area (TPSA) is 78.9 Å². The standard InChI is InChI=1S/C15H18O6/c1-4-7-19-13(16)10-12(15(18)21-9-6-3)11-14(17)20-8-5-2/h4-6,10H,1-3,7-9,11H2/b12-10+. The van der Waals surface area contributed by atoms with Gasteiger partial charge in [-0.05, 0) is 0 Å². The Kier molecular flexibility index (Phi) is 9.81. The first-order chi connectivity index (χ1) is 10.0. The normalized spacial score (nSPS) is 10.2. The zero-order chi connectivity index (χ0) is 16.1. The largest absolute Gasteiger partial charge is 0.461 e. The van der Waals surface area contributed by atoms with Crippen LogP contribution < -0.4 is 0 Å². The van der Waals surface area contributed by atoms with Gasteiger partial charge in [0, 0.05) is 6.08 Å². The first-order valence-electron chi connectivity index (χ1n) is 6.07. The van der Waals surface area contributed by atoms with Gasteiger partial charge in [0.15, 0.2) is 0 Å². The fraction of sp³-hybridized carbons (Fsp3) is 0.267. The fourth-order valence-corrected chi connectivity index (χ4v) is 1.09. The lowest BCUT2D eigenvalue weighted by atomic mass is 10.2. The Labute approximate surface area is 123 Å². The van der Waals surface area contributed by atoms with Crippen molar-refractivity contribution in [1.82, 2.24) is 0 Å². The van der Waals surface area contributed by atoms with Gasteiger partial charge in [0.2, 0.25) is 0 Å². The second kappa shape index (κ2) is 11.2. The maximum atomic E-state index is 11.7. The second-order valence-electron chi connectivity index (χ2n) is 3.62. The minimum atomic E-state index is -0.819. The van der Waals surface area contributed by atoms with Gasteiger partial charge in [0.25, 0.3) is 0 Å². The van der Waals surface area contributed by atoms with Crippen LogP contribution in [-0.2, 0) is 28.6 Å². The van der Waals surface area contributed by atoms with E-state index in [1.165, 1.54) is 18.2 Å². The molecule has 114 valence electrons. The summed E-state index contributed by atoms with van der Waals surface area (Å²) in [6.07, 6.45) is 4.61. The van der Waals surface area contributed by atoms with E-state index in [1.54, 1.807) is 0 Å². The molecule has 0 aromatic heterocycles. The molecule has 0 aliphatic rings. The van der Waals surface area contributed by atoms with Crippen LogP contribution >= 0.6 is 0 Å². The molecule has 0 aliphatic carbocycles. The van der Waals surface area contributed by atoms with Gasteiger partial charge < -0.3 is 14.2 Å². The van der Waals surface area contributed by atoms with Crippen LogP contribution in [0.3, 0.4) is 0 Å². The lowest BCUT2D eigenvalue weighted by Gasteiger charge is -2.07. The number of ether oxygens (including phenoxy) is 3. The van der Waals surface area contributed by atoms with Gasteiger partial charge in [-0.15, -0.1) is 0 Å². The highest BCUT2D eigenvalue weighted by Crippen LogP contribution is 2.07. The fourth-order valence-electron chi connectivity index (χ4n) is 1.09. The maximum absolute atomic E-state index is 11.7. The number of esters is 3. The lowest BCUT2D eigenvalue weighted by Crippen LogP contribution is -2.16. The Morgan fingerprint density at radius 3 is 1.90 bits per heavy atom. The molecular formula is C15H18O6. The molecule has 0 heterocycles. The molecule has 0 fully saturated rings. The van der Waals surface area contributed by atoms with E-state index in [9.17, 15) is 14.4 Å². The SMILES string of the molecule is C=CCOC(=O)/C=C(\CC(=O)OCC=C)C(=O)OCC=C. The molecule has 0 radical (unpaired) electrons. The van der Waals surface area contributed by atoms with Crippen molar-refractivity contribution in [2.24, 2.45) is 0 Å². The van der Waals surface area contributed by atoms with Crippen molar-refractivity contribution < 1.29 is 28.6 Å². The summed E-state index contributed by atoms with van der Waals surface area (Å²) in [4.78, 5) is 34.6. The Bertz CT molecular complexity index is 447. The molecule has 0 spiro atoms. The quantitative estimate of drug-likeness (QED) is 0.263. The van der Waals surface area contributed by atoms with Gasteiger partial charge in [-0.25, -0.2) is 9.59 Å². The highest BCUT2D eigenvalue weighted by Gasteiger charge is 2.18. The molecule has 0 saturated heterocycles. The van der Waals surface area contributed by atoms with Gasteiger partial charge in [-0.3, -0.25) is 4.79 Å². The number of carbonyl (C=O) groups is 3. The van der Waals surface area contributed by atoms with Crippen LogP contribution in [0.5, 0.6) is 0 Å². The summed E-state index contributed by atoms with van der Waals surface area (Å²) in [7, 11) is 0. The summed E-state index contributed by atoms with van der Waals surface area (Å²) in [6.45, 7) is 10.1. The Hall–Kier alpha value is -2.63. The summed E-state index contributed by atoms with van der Waals surface area (Å²) in [5.41, 5.74) is -0.167. The maximum Gasteiger partial charge on any atom is 0.335 e. The van der Waals surface area contributed by atoms with E-state index >= 15 is 0 Å². The molecule has 0 N–H and O–H groups in total. The van der Waals surface area contributed by atoms with Crippen molar-refractivity contribution in [3.8, 4) is 0 Å². The zero-order valence-corrected chi connectivity index (χ0v) is 11.7. The van der Waals surface area contributed by atoms with Crippen LogP contribution in [0.1, 0.15) is 6.42 Å². The minimum absolute atomic E-state index is 0.00866. The number of rotatable bonds is 10. The highest BCUT2D eigenvalue weighted by molar-refractivity contribution is 5.99. The first kappa shape index (κ1) is 18.4. The molecule has 21 heavy (non-hydrogen) atoms. The van der Waals surface area contributed by atoms with Crippen molar-refractivity contribution >= 4 is 17.9 Å². The molecule has 0 unspecified atom stereocenters. The van der Waals surface area contributed by atoms with E-state index < -0.39 is 24.3 Å². The van der Waals surface area contributed by atoms with Crippen LogP contribution in [0.4, 0.5) is 0 Å². The highest BCUT2D eigenvalue weighted by atomic mass is 16.5. The predicted octanol–water partition coefficient (Wildman–Crippen LogP) is 1.49. The van der Waals surface area contributed by atoms with Crippen LogP contribution in [-0.4, -0.2) is 37.7 Å². The Morgan fingerprint density at radius 1 is 0.810 bits per heavy atom. The summed E-state index contributed by atoms with van der Waals surface area (Å²) >= 11 is 0. The molecular weight excluding hydrogens is 276 g/mol. The predicted molar refractivity (Wildman–Crippen MR) is 76.2 cm³/mol. The molecule has 0 rings (SSSR count). The summed E-state index contributed by atoms with van der Waals surface area (Å²) in [5.74, 6) is -2.29. The van der Waals surface area contributed by atoms with E-state index in [-0.39, 0.29) is 25.4 Å². The summed E-state index contributed by atoms with van der Waals surface area (Å²) < 4.78 is 14.2. The van der Waals surface area contributed by atoms with E-state index in [0.29, 0.717) is 0 Å². The lowest BCUT2D eigenvalue weighted by molar-refractivity contribution is -0.145. The van der Waals surface area contributed by atoms with Crippen LogP contribution in [0.15, 0.2) is 49.6 Å². The number of carbonyl (C=O) groups excluding carboxylic acids is 3. The monoisotopic (exact) mass is 294 g/mol. The Balaban J connectivity index is 4.85. The van der Waals surface area contributed by atoms with Crippen molar-refractivity contribution in [3.63, 3.8) is 0 Å². The molecule has 0 bridgehead atoms. The minimum Gasteiger partial charge on any atom is -0.461 e. The summed E-state index contributed by atoms with van der Waals surface area (Å²) in [5, 5.41) is 0. The van der Waals surface area contributed by atoms with E-state index in [2.05, 4.69) is 19.7 Å². The summed E-state index contributed by atoms with van der Waals surface area (Å²) in [6, 6.07) is 0. The molecule has 0 aliphatic heterocycles. The van der Waals surface area contributed by atoms with Gasteiger partial charge in [0.05, 0.1) is 12.0 Å². The molecule has 0 saturated carbocycles. The third kappa shape index (κ3) is 8.99. The number of hydrogen-bond acceptors (Lipinski definition) is 6. The average molecular weight is 294 g/mol. The van der Waals surface area contributed by atoms with Crippen LogP contribution in [0.25, 0.3) is 0 Å². The Morgan fingerprint density at radius 2 is 1.33 bits per heavy atom. The van der Waals surface area contributed by atoms with Crippen molar-refractivity contribution in [2.75, 3.05) is 19.8 Å². The van der Waals surface area contributed by atoms with Crippen LogP contribution in [0, 0.1) is 0 Å². The van der Waals surface area contributed by atoms with Crippen molar-refractivity contribution in [3.05, 3.63) is 49.6 Å². The van der Waals surface area contributed by atoms with Gasteiger partial charge in [0.1, 0.15) is 19.8 Å². The molecule has 0 aromatic rings. The third-order valence-electron chi connectivity index (χ3n) is 1.93. The van der Waals surface area contributed by atoms with Crippen LogP contribution in [0.2, 0.25) is 0 Å². The number of hydrogen-bond donors (Lipinski definition) is 0.